The number of nitrogens with zero attached hydrogens (tertiary/aromatic N) is 1. The molecular formula is C13H11F4NO2. The molecule has 2 saturated heterocycles. The fraction of sp³-hybridized carbons (Fsp3) is 0.462. The standard InChI is InChI=1S/C13H11F4NO2/c14-8-2-1-3-9(15)10(8)13(16,17)11(19)18-5-4-12(18)6-20-7-12/h1-3H,4-7H2. The minimum absolute atomic E-state index is 0.147. The lowest BCUT2D eigenvalue weighted by Crippen LogP contribution is -2.73. The van der Waals surface area contributed by atoms with E-state index in [1.54, 1.807) is 0 Å². The maximum atomic E-state index is 14.1. The largest absolute Gasteiger partial charge is 0.376 e. The second-order valence-electron chi connectivity index (χ2n) is 5.09. The van der Waals surface area contributed by atoms with Crippen LogP contribution in [0.1, 0.15) is 12.0 Å². The number of hydrogen-bond acceptors (Lipinski definition) is 2. The van der Waals surface area contributed by atoms with Crippen molar-refractivity contribution < 1.29 is 27.1 Å². The number of hydrogen-bond donors (Lipinski definition) is 0. The topological polar surface area (TPSA) is 29.5 Å². The average Bonchev–Trinajstić information content (AvgIpc) is 2.24. The number of likely N-dealkylation sites (tertiary alicyclic amines) is 1. The van der Waals surface area contributed by atoms with E-state index in [4.69, 9.17) is 4.74 Å². The lowest BCUT2D eigenvalue weighted by molar-refractivity contribution is -0.217. The van der Waals surface area contributed by atoms with Crippen molar-refractivity contribution in [1.29, 1.82) is 0 Å². The number of rotatable bonds is 2. The molecule has 20 heavy (non-hydrogen) atoms. The van der Waals surface area contributed by atoms with Crippen LogP contribution in [0.15, 0.2) is 18.2 Å². The van der Waals surface area contributed by atoms with Crippen molar-refractivity contribution in [1.82, 2.24) is 4.90 Å². The van der Waals surface area contributed by atoms with Crippen LogP contribution in [0.4, 0.5) is 17.6 Å². The van der Waals surface area contributed by atoms with Gasteiger partial charge in [0.05, 0.1) is 18.8 Å². The Morgan fingerprint density at radius 3 is 2.25 bits per heavy atom. The van der Waals surface area contributed by atoms with Gasteiger partial charge in [0.1, 0.15) is 17.2 Å². The van der Waals surface area contributed by atoms with Crippen molar-refractivity contribution in [2.45, 2.75) is 17.9 Å². The Morgan fingerprint density at radius 2 is 1.85 bits per heavy atom. The Balaban J connectivity index is 1.93. The van der Waals surface area contributed by atoms with Gasteiger partial charge in [-0.05, 0) is 18.6 Å². The van der Waals surface area contributed by atoms with Crippen LogP contribution in [0.25, 0.3) is 0 Å². The second kappa shape index (κ2) is 4.18. The van der Waals surface area contributed by atoms with Gasteiger partial charge in [-0.1, -0.05) is 6.07 Å². The van der Waals surface area contributed by atoms with E-state index in [-0.39, 0.29) is 19.8 Å². The van der Waals surface area contributed by atoms with Crippen molar-refractivity contribution in [2.75, 3.05) is 19.8 Å². The number of halogens is 4. The lowest BCUT2D eigenvalue weighted by atomic mass is 9.82. The molecule has 108 valence electrons. The highest BCUT2D eigenvalue weighted by Crippen LogP contribution is 2.43. The van der Waals surface area contributed by atoms with Gasteiger partial charge >= 0.3 is 5.92 Å². The summed E-state index contributed by atoms with van der Waals surface area (Å²) in [4.78, 5) is 12.9. The number of amides is 1. The summed E-state index contributed by atoms with van der Waals surface area (Å²) in [6.45, 7) is 0.525. The van der Waals surface area contributed by atoms with Gasteiger partial charge in [-0.15, -0.1) is 0 Å². The number of ether oxygens (including phenoxy) is 1. The summed E-state index contributed by atoms with van der Waals surface area (Å²) in [6.07, 6.45) is 0.564. The zero-order valence-corrected chi connectivity index (χ0v) is 10.3. The Bertz CT molecular complexity index is 546. The van der Waals surface area contributed by atoms with Crippen LogP contribution < -0.4 is 0 Å². The van der Waals surface area contributed by atoms with Crippen LogP contribution >= 0.6 is 0 Å². The number of carbonyl (C=O) groups is 1. The summed E-state index contributed by atoms with van der Waals surface area (Å²) in [5.41, 5.74) is -2.20. The first-order valence-corrected chi connectivity index (χ1v) is 6.11. The van der Waals surface area contributed by atoms with E-state index in [2.05, 4.69) is 0 Å². The maximum absolute atomic E-state index is 14.1. The van der Waals surface area contributed by atoms with Crippen molar-refractivity contribution >= 4 is 5.91 Å². The predicted octanol–water partition coefficient (Wildman–Crippen LogP) is 2.06. The van der Waals surface area contributed by atoms with E-state index >= 15 is 0 Å². The molecule has 0 unspecified atom stereocenters. The zero-order chi connectivity index (χ0) is 14.5. The van der Waals surface area contributed by atoms with Gasteiger partial charge in [-0.25, -0.2) is 8.78 Å². The third-order valence-corrected chi connectivity index (χ3v) is 3.91. The van der Waals surface area contributed by atoms with Gasteiger partial charge in [-0.3, -0.25) is 4.79 Å². The fourth-order valence-corrected chi connectivity index (χ4v) is 2.57. The molecule has 0 radical (unpaired) electrons. The molecule has 2 aliphatic heterocycles. The molecule has 2 aliphatic rings. The summed E-state index contributed by atoms with van der Waals surface area (Å²) in [5.74, 6) is -8.65. The highest BCUT2D eigenvalue weighted by atomic mass is 19.3. The predicted molar refractivity (Wildman–Crippen MR) is 60.1 cm³/mol. The molecule has 3 rings (SSSR count). The molecule has 0 bridgehead atoms. The van der Waals surface area contributed by atoms with Crippen LogP contribution in [0.2, 0.25) is 0 Å². The highest BCUT2D eigenvalue weighted by molar-refractivity contribution is 5.86. The summed E-state index contributed by atoms with van der Waals surface area (Å²) >= 11 is 0. The molecule has 1 aromatic carbocycles. The first-order chi connectivity index (χ1) is 9.38. The Morgan fingerprint density at radius 1 is 1.25 bits per heavy atom. The monoisotopic (exact) mass is 289 g/mol. The minimum Gasteiger partial charge on any atom is -0.376 e. The minimum atomic E-state index is -4.22. The van der Waals surface area contributed by atoms with E-state index < -0.39 is 34.6 Å². The molecular weight excluding hydrogens is 278 g/mol. The molecule has 0 aromatic heterocycles. The molecule has 1 amide bonds. The van der Waals surface area contributed by atoms with Crippen LogP contribution in [0, 0.1) is 11.6 Å². The smallest absolute Gasteiger partial charge is 0.355 e. The first kappa shape index (κ1) is 13.4. The van der Waals surface area contributed by atoms with E-state index in [1.165, 1.54) is 0 Å². The van der Waals surface area contributed by atoms with Gasteiger partial charge in [-0.2, -0.15) is 8.78 Å². The van der Waals surface area contributed by atoms with Crippen LogP contribution in [-0.2, 0) is 15.5 Å². The van der Waals surface area contributed by atoms with Gasteiger partial charge in [0.2, 0.25) is 0 Å². The zero-order valence-electron chi connectivity index (χ0n) is 10.3. The summed E-state index contributed by atoms with van der Waals surface area (Å²) in [7, 11) is 0. The van der Waals surface area contributed by atoms with Crippen molar-refractivity contribution in [2.24, 2.45) is 0 Å². The van der Waals surface area contributed by atoms with E-state index in [0.29, 0.717) is 18.6 Å². The van der Waals surface area contributed by atoms with Crippen molar-refractivity contribution in [3.8, 4) is 0 Å². The van der Waals surface area contributed by atoms with Crippen molar-refractivity contribution in [3.63, 3.8) is 0 Å². The van der Waals surface area contributed by atoms with Crippen molar-refractivity contribution in [3.05, 3.63) is 35.4 Å². The first-order valence-electron chi connectivity index (χ1n) is 6.11. The fourth-order valence-electron chi connectivity index (χ4n) is 2.57. The molecule has 7 heteroatoms. The van der Waals surface area contributed by atoms with E-state index in [9.17, 15) is 22.4 Å². The molecule has 1 spiro atoms. The molecule has 2 fully saturated rings. The van der Waals surface area contributed by atoms with Gasteiger partial charge in [0.25, 0.3) is 5.91 Å². The summed E-state index contributed by atoms with van der Waals surface area (Å²) in [6, 6.07) is 2.38. The molecule has 2 heterocycles. The quantitative estimate of drug-likeness (QED) is 0.780. The van der Waals surface area contributed by atoms with Crippen LogP contribution in [-0.4, -0.2) is 36.1 Å². The van der Waals surface area contributed by atoms with Gasteiger partial charge < -0.3 is 9.64 Å². The Hall–Kier alpha value is -1.63. The SMILES string of the molecule is O=C(N1CCC12COC2)C(F)(F)c1c(F)cccc1F. The van der Waals surface area contributed by atoms with Gasteiger partial charge in [0.15, 0.2) is 0 Å². The molecule has 0 saturated carbocycles. The number of benzene rings is 1. The summed E-state index contributed by atoms with van der Waals surface area (Å²) in [5, 5.41) is 0. The molecule has 0 aliphatic carbocycles. The molecule has 0 N–H and O–H groups in total. The average molecular weight is 289 g/mol. The lowest BCUT2D eigenvalue weighted by Gasteiger charge is -2.57. The maximum Gasteiger partial charge on any atom is 0.355 e. The van der Waals surface area contributed by atoms with Crippen LogP contribution in [0.3, 0.4) is 0 Å². The Kier molecular flexibility index (Phi) is 2.79. The van der Waals surface area contributed by atoms with Gasteiger partial charge in [0, 0.05) is 6.54 Å². The third-order valence-electron chi connectivity index (χ3n) is 3.91. The molecule has 3 nitrogen and oxygen atoms in total. The Labute approximate surface area is 112 Å². The highest BCUT2D eigenvalue weighted by Gasteiger charge is 2.59. The van der Waals surface area contributed by atoms with E-state index in [1.807, 2.05) is 0 Å². The van der Waals surface area contributed by atoms with E-state index in [0.717, 1.165) is 11.0 Å². The summed E-state index contributed by atoms with van der Waals surface area (Å²) < 4.78 is 60.1. The normalized spacial score (nSPS) is 20.5. The number of carbonyl (C=O) groups excluding carboxylic acids is 1. The third kappa shape index (κ3) is 1.65. The second-order valence-corrected chi connectivity index (χ2v) is 5.09. The van der Waals surface area contributed by atoms with Crippen LogP contribution in [0.5, 0.6) is 0 Å². The number of alkyl halides is 2. The molecule has 0 atom stereocenters. The molecule has 1 aromatic rings.